The molecule has 0 radical (unpaired) electrons. The molecule has 0 unspecified atom stereocenters. The number of Topliss-reactive ketones (excluding diaryl/α,β-unsaturated/α-hetero) is 1. The van der Waals surface area contributed by atoms with E-state index in [1.165, 1.54) is 18.3 Å². The van der Waals surface area contributed by atoms with Crippen LogP contribution in [0.5, 0.6) is 0 Å². The molecule has 0 saturated carbocycles. The van der Waals surface area contributed by atoms with Crippen LogP contribution in [0, 0.1) is 0 Å². The fraction of sp³-hybridized carbons (Fsp3) is 0.250. The van der Waals surface area contributed by atoms with Gasteiger partial charge >= 0.3 is 0 Å². The van der Waals surface area contributed by atoms with Crippen LogP contribution in [0.25, 0.3) is 0 Å². The molecular weight excluding hydrogens is 300 g/mol. The lowest BCUT2D eigenvalue weighted by atomic mass is 10.2. The molecule has 22 heavy (non-hydrogen) atoms. The Bertz CT molecular complexity index is 664. The van der Waals surface area contributed by atoms with Gasteiger partial charge in [-0.1, -0.05) is 0 Å². The van der Waals surface area contributed by atoms with E-state index >= 15 is 0 Å². The molecule has 0 saturated heterocycles. The van der Waals surface area contributed by atoms with Crippen molar-refractivity contribution in [1.82, 2.24) is 0 Å². The predicted molar refractivity (Wildman–Crippen MR) is 89.1 cm³/mol. The minimum Gasteiger partial charge on any atom is -0.395 e. The first kappa shape index (κ1) is 16.2. The number of nitrogens with one attached hydrogen (secondary N) is 1. The number of ketones is 1. The zero-order valence-electron chi connectivity index (χ0n) is 12.5. The van der Waals surface area contributed by atoms with Gasteiger partial charge in [-0.05, 0) is 37.3 Å². The molecule has 1 aromatic heterocycles. The Morgan fingerprint density at radius 2 is 1.95 bits per heavy atom. The molecule has 6 heteroatoms. The number of aliphatic hydroxyl groups is 1. The van der Waals surface area contributed by atoms with Crippen molar-refractivity contribution in [2.75, 3.05) is 30.4 Å². The highest BCUT2D eigenvalue weighted by molar-refractivity contribution is 7.12. The van der Waals surface area contributed by atoms with Gasteiger partial charge in [0.25, 0.3) is 5.91 Å². The van der Waals surface area contributed by atoms with E-state index in [1.54, 1.807) is 23.6 Å². The van der Waals surface area contributed by atoms with Crippen molar-refractivity contribution in [2.24, 2.45) is 0 Å². The number of carbonyl (C=O) groups excluding carboxylic acids is 2. The fourth-order valence-corrected chi connectivity index (χ4v) is 2.75. The van der Waals surface area contributed by atoms with Crippen molar-refractivity contribution in [1.29, 1.82) is 0 Å². The summed E-state index contributed by atoms with van der Waals surface area (Å²) < 4.78 is 0. The van der Waals surface area contributed by atoms with Gasteiger partial charge in [-0.3, -0.25) is 9.59 Å². The summed E-state index contributed by atoms with van der Waals surface area (Å²) in [6.45, 7) is 2.12. The van der Waals surface area contributed by atoms with E-state index in [0.29, 0.717) is 22.7 Å². The Labute approximate surface area is 133 Å². The molecule has 116 valence electrons. The maximum Gasteiger partial charge on any atom is 0.265 e. The molecule has 2 rings (SSSR count). The summed E-state index contributed by atoms with van der Waals surface area (Å²) >= 11 is 1.25. The molecule has 0 aliphatic rings. The van der Waals surface area contributed by atoms with E-state index in [-0.39, 0.29) is 18.3 Å². The van der Waals surface area contributed by atoms with Crippen LogP contribution >= 0.6 is 11.3 Å². The van der Waals surface area contributed by atoms with Crippen molar-refractivity contribution >= 4 is 34.4 Å². The van der Waals surface area contributed by atoms with Gasteiger partial charge in [0.2, 0.25) is 0 Å². The summed E-state index contributed by atoms with van der Waals surface area (Å²) in [5.41, 5.74) is 2.20. The lowest BCUT2D eigenvalue weighted by molar-refractivity contribution is 0.101. The molecule has 0 fully saturated rings. The van der Waals surface area contributed by atoms with Crippen molar-refractivity contribution in [3.8, 4) is 0 Å². The van der Waals surface area contributed by atoms with Crippen LogP contribution in [0.2, 0.25) is 0 Å². The molecule has 1 amide bonds. The van der Waals surface area contributed by atoms with Crippen LogP contribution in [0.1, 0.15) is 27.0 Å². The Hall–Kier alpha value is -2.18. The van der Waals surface area contributed by atoms with Gasteiger partial charge in [-0.25, -0.2) is 0 Å². The Kier molecular flexibility index (Phi) is 5.30. The summed E-state index contributed by atoms with van der Waals surface area (Å²) in [7, 11) is 1.89. The number of likely N-dealkylation sites (N-methyl/N-ethyl adjacent to an activating group) is 1. The zero-order valence-corrected chi connectivity index (χ0v) is 13.3. The molecule has 5 nitrogen and oxygen atoms in total. The molecular formula is C16H18N2O3S. The summed E-state index contributed by atoms with van der Waals surface area (Å²) in [4.78, 5) is 25.8. The lowest BCUT2D eigenvalue weighted by Gasteiger charge is -2.18. The van der Waals surface area contributed by atoms with Crippen LogP contribution in [0.3, 0.4) is 0 Å². The summed E-state index contributed by atoms with van der Waals surface area (Å²) in [6.07, 6.45) is 0. The number of thiophene rings is 1. The van der Waals surface area contributed by atoms with E-state index < -0.39 is 0 Å². The van der Waals surface area contributed by atoms with E-state index in [4.69, 9.17) is 5.11 Å². The van der Waals surface area contributed by atoms with Gasteiger partial charge in [0, 0.05) is 35.9 Å². The average molecular weight is 318 g/mol. The second-order valence-electron chi connectivity index (χ2n) is 4.90. The maximum absolute atomic E-state index is 12.1. The van der Waals surface area contributed by atoms with E-state index in [1.807, 2.05) is 24.1 Å². The van der Waals surface area contributed by atoms with Crippen LogP contribution < -0.4 is 10.2 Å². The van der Waals surface area contributed by atoms with E-state index in [2.05, 4.69) is 5.32 Å². The summed E-state index contributed by atoms with van der Waals surface area (Å²) in [5, 5.41) is 13.4. The minimum atomic E-state index is -0.228. The standard InChI is InChI=1S/C16H18N2O3S/c1-11(20)12-9-15(22-10-12)16(21)17-13-3-5-14(6-4-13)18(2)7-8-19/h3-6,9-10,19H,7-8H2,1-2H3,(H,17,21). The van der Waals surface area contributed by atoms with Crippen molar-refractivity contribution < 1.29 is 14.7 Å². The van der Waals surface area contributed by atoms with Gasteiger partial charge in [0.05, 0.1) is 11.5 Å². The molecule has 0 aliphatic carbocycles. The minimum absolute atomic E-state index is 0.0495. The first-order valence-electron chi connectivity index (χ1n) is 6.84. The lowest BCUT2D eigenvalue weighted by Crippen LogP contribution is -2.21. The molecule has 0 bridgehead atoms. The number of carbonyl (C=O) groups is 2. The highest BCUT2D eigenvalue weighted by Crippen LogP contribution is 2.20. The van der Waals surface area contributed by atoms with Crippen molar-refractivity contribution in [2.45, 2.75) is 6.92 Å². The normalized spacial score (nSPS) is 10.3. The smallest absolute Gasteiger partial charge is 0.265 e. The number of anilines is 2. The zero-order chi connectivity index (χ0) is 16.1. The van der Waals surface area contributed by atoms with Gasteiger partial charge in [-0.2, -0.15) is 0 Å². The van der Waals surface area contributed by atoms with Gasteiger partial charge in [0.1, 0.15) is 0 Å². The number of benzene rings is 1. The first-order valence-corrected chi connectivity index (χ1v) is 7.72. The number of hydrogen-bond donors (Lipinski definition) is 2. The third kappa shape index (κ3) is 3.93. The highest BCUT2D eigenvalue weighted by atomic mass is 32.1. The molecule has 1 aromatic carbocycles. The Morgan fingerprint density at radius 3 is 2.50 bits per heavy atom. The SMILES string of the molecule is CC(=O)c1csc(C(=O)Nc2ccc(N(C)CCO)cc2)c1. The largest absolute Gasteiger partial charge is 0.395 e. The van der Waals surface area contributed by atoms with E-state index in [0.717, 1.165) is 5.69 Å². The van der Waals surface area contributed by atoms with Crippen LogP contribution in [0.15, 0.2) is 35.7 Å². The second-order valence-corrected chi connectivity index (χ2v) is 5.81. The molecule has 0 aliphatic heterocycles. The Balaban J connectivity index is 2.03. The van der Waals surface area contributed by atoms with Crippen molar-refractivity contribution in [3.05, 3.63) is 46.2 Å². The Morgan fingerprint density at radius 1 is 1.27 bits per heavy atom. The molecule has 1 heterocycles. The topological polar surface area (TPSA) is 69.6 Å². The van der Waals surface area contributed by atoms with Crippen LogP contribution in [-0.4, -0.2) is 37.0 Å². The third-order valence-electron chi connectivity index (χ3n) is 3.23. The quantitative estimate of drug-likeness (QED) is 0.803. The first-order chi connectivity index (χ1) is 10.5. The van der Waals surface area contributed by atoms with Crippen LogP contribution in [-0.2, 0) is 0 Å². The van der Waals surface area contributed by atoms with Crippen LogP contribution in [0.4, 0.5) is 11.4 Å². The molecule has 0 spiro atoms. The van der Waals surface area contributed by atoms with Gasteiger partial charge in [0.15, 0.2) is 5.78 Å². The highest BCUT2D eigenvalue weighted by Gasteiger charge is 2.11. The molecule has 0 atom stereocenters. The molecule has 2 N–H and O–H groups in total. The van der Waals surface area contributed by atoms with Crippen molar-refractivity contribution in [3.63, 3.8) is 0 Å². The number of hydrogen-bond acceptors (Lipinski definition) is 5. The number of rotatable bonds is 6. The average Bonchev–Trinajstić information content (AvgIpc) is 2.98. The third-order valence-corrected chi connectivity index (χ3v) is 4.16. The predicted octanol–water partition coefficient (Wildman–Crippen LogP) is 2.63. The fourth-order valence-electron chi connectivity index (χ4n) is 1.91. The number of nitrogens with zero attached hydrogens (tertiary/aromatic N) is 1. The summed E-state index contributed by atoms with van der Waals surface area (Å²) in [5.74, 6) is -0.277. The number of amides is 1. The monoisotopic (exact) mass is 318 g/mol. The second kappa shape index (κ2) is 7.20. The summed E-state index contributed by atoms with van der Waals surface area (Å²) in [6, 6.07) is 8.97. The van der Waals surface area contributed by atoms with E-state index in [9.17, 15) is 9.59 Å². The number of aliphatic hydroxyl groups excluding tert-OH is 1. The molecule has 2 aromatic rings. The van der Waals surface area contributed by atoms with Gasteiger partial charge in [-0.15, -0.1) is 11.3 Å². The van der Waals surface area contributed by atoms with Gasteiger partial charge < -0.3 is 15.3 Å². The maximum atomic E-state index is 12.1.